The summed E-state index contributed by atoms with van der Waals surface area (Å²) in [5, 5.41) is 6.40. The summed E-state index contributed by atoms with van der Waals surface area (Å²) in [6.07, 6.45) is -2.26. The van der Waals surface area contributed by atoms with Gasteiger partial charge in [-0.25, -0.2) is 8.78 Å². The molecular weight excluding hydrogens is 242 g/mol. The van der Waals surface area contributed by atoms with Gasteiger partial charge in [0.05, 0.1) is 0 Å². The van der Waals surface area contributed by atoms with Gasteiger partial charge in [0, 0.05) is 12.5 Å². The van der Waals surface area contributed by atoms with E-state index in [9.17, 15) is 17.6 Å². The molecular formula is C9H11F4N3O. The largest absolute Gasteiger partial charge is 0.383 e. The Balaban J connectivity index is 2.15. The molecule has 0 bridgehead atoms. The highest BCUT2D eigenvalue weighted by Crippen LogP contribution is 2.34. The van der Waals surface area contributed by atoms with Crippen LogP contribution in [0, 0.1) is 0 Å². The lowest BCUT2D eigenvalue weighted by Gasteiger charge is -2.19. The van der Waals surface area contributed by atoms with E-state index in [1.54, 1.807) is 0 Å². The minimum Gasteiger partial charge on any atom is -0.332 e. The van der Waals surface area contributed by atoms with Crippen LogP contribution in [0.15, 0.2) is 4.52 Å². The molecule has 1 N–H and O–H groups in total. The Bertz CT molecular complexity index is 376. The summed E-state index contributed by atoms with van der Waals surface area (Å²) in [4.78, 5) is 3.38. The number of rotatable bonds is 3. The smallest absolute Gasteiger partial charge is 0.332 e. The first-order chi connectivity index (χ1) is 8.01. The Morgan fingerprint density at radius 2 is 2.18 bits per heavy atom. The molecule has 1 atom stereocenters. The van der Waals surface area contributed by atoms with Crippen molar-refractivity contribution in [3.8, 4) is 0 Å². The van der Waals surface area contributed by atoms with Crippen molar-refractivity contribution in [1.29, 1.82) is 0 Å². The number of hydrogen-bond acceptors (Lipinski definition) is 4. The van der Waals surface area contributed by atoms with Gasteiger partial charge in [0.25, 0.3) is 0 Å². The van der Waals surface area contributed by atoms with Crippen molar-refractivity contribution in [3.05, 3.63) is 11.7 Å². The lowest BCUT2D eigenvalue weighted by Crippen LogP contribution is -2.29. The highest BCUT2D eigenvalue weighted by molar-refractivity contribution is 5.02. The average molecular weight is 253 g/mol. The van der Waals surface area contributed by atoms with Gasteiger partial charge < -0.3 is 9.84 Å². The molecule has 1 unspecified atom stereocenters. The molecule has 1 saturated heterocycles. The SMILES string of the molecule is FC(F)C(F)(F)c1nc(C2CCCNC2)no1. The Morgan fingerprint density at radius 1 is 1.41 bits per heavy atom. The van der Waals surface area contributed by atoms with Gasteiger partial charge >= 0.3 is 18.2 Å². The fourth-order valence-corrected chi connectivity index (χ4v) is 1.70. The fraction of sp³-hybridized carbons (Fsp3) is 0.778. The Labute approximate surface area is 94.4 Å². The Kier molecular flexibility index (Phi) is 3.32. The first-order valence-corrected chi connectivity index (χ1v) is 5.22. The monoisotopic (exact) mass is 253 g/mol. The molecule has 1 aliphatic rings. The van der Waals surface area contributed by atoms with Crippen LogP contribution in [0.2, 0.25) is 0 Å². The third kappa shape index (κ3) is 2.41. The van der Waals surface area contributed by atoms with E-state index in [1.165, 1.54) is 0 Å². The highest BCUT2D eigenvalue weighted by atomic mass is 19.3. The van der Waals surface area contributed by atoms with Crippen LogP contribution in [0.1, 0.15) is 30.5 Å². The molecule has 1 aromatic heterocycles. The lowest BCUT2D eigenvalue weighted by molar-refractivity contribution is -0.152. The summed E-state index contributed by atoms with van der Waals surface area (Å²) >= 11 is 0. The number of alkyl halides is 4. The van der Waals surface area contributed by atoms with E-state index in [0.717, 1.165) is 19.4 Å². The van der Waals surface area contributed by atoms with Crippen LogP contribution in [0.25, 0.3) is 0 Å². The molecule has 0 saturated carbocycles. The quantitative estimate of drug-likeness (QED) is 0.836. The molecule has 2 rings (SSSR count). The predicted molar refractivity (Wildman–Crippen MR) is 49.0 cm³/mol. The summed E-state index contributed by atoms with van der Waals surface area (Å²) in [7, 11) is 0. The van der Waals surface area contributed by atoms with Crippen LogP contribution in [0.5, 0.6) is 0 Å². The average Bonchev–Trinajstić information content (AvgIpc) is 2.80. The van der Waals surface area contributed by atoms with E-state index in [2.05, 4.69) is 20.0 Å². The van der Waals surface area contributed by atoms with Gasteiger partial charge in [-0.2, -0.15) is 13.8 Å². The summed E-state index contributed by atoms with van der Waals surface area (Å²) in [5.74, 6) is -5.79. The summed E-state index contributed by atoms with van der Waals surface area (Å²) in [6, 6.07) is 0. The molecule has 0 spiro atoms. The Morgan fingerprint density at radius 3 is 2.76 bits per heavy atom. The minimum absolute atomic E-state index is 0.0625. The van der Waals surface area contributed by atoms with Crippen molar-refractivity contribution in [2.24, 2.45) is 0 Å². The maximum atomic E-state index is 12.9. The first kappa shape index (κ1) is 12.3. The van der Waals surface area contributed by atoms with Gasteiger partial charge in [0.2, 0.25) is 0 Å². The van der Waals surface area contributed by atoms with Crippen LogP contribution in [0.4, 0.5) is 17.6 Å². The first-order valence-electron chi connectivity index (χ1n) is 5.22. The third-order valence-electron chi connectivity index (χ3n) is 2.66. The van der Waals surface area contributed by atoms with Crippen molar-refractivity contribution in [2.75, 3.05) is 13.1 Å². The topological polar surface area (TPSA) is 51.0 Å². The second-order valence-electron chi connectivity index (χ2n) is 3.92. The van der Waals surface area contributed by atoms with E-state index in [-0.39, 0.29) is 11.7 Å². The van der Waals surface area contributed by atoms with E-state index < -0.39 is 18.2 Å². The van der Waals surface area contributed by atoms with Crippen molar-refractivity contribution in [2.45, 2.75) is 31.1 Å². The Hall–Kier alpha value is -1.18. The van der Waals surface area contributed by atoms with E-state index in [4.69, 9.17) is 0 Å². The lowest BCUT2D eigenvalue weighted by atomic mass is 9.99. The summed E-state index contributed by atoms with van der Waals surface area (Å²) < 4.78 is 54.1. The molecule has 4 nitrogen and oxygen atoms in total. The van der Waals surface area contributed by atoms with Crippen LogP contribution in [-0.2, 0) is 5.92 Å². The maximum absolute atomic E-state index is 12.9. The van der Waals surface area contributed by atoms with Gasteiger partial charge in [-0.05, 0) is 19.4 Å². The number of nitrogens with one attached hydrogen (secondary N) is 1. The zero-order valence-corrected chi connectivity index (χ0v) is 8.80. The fourth-order valence-electron chi connectivity index (χ4n) is 1.70. The van der Waals surface area contributed by atoms with Crippen LogP contribution < -0.4 is 5.32 Å². The molecule has 96 valence electrons. The van der Waals surface area contributed by atoms with Crippen molar-refractivity contribution >= 4 is 0 Å². The van der Waals surface area contributed by atoms with Crippen molar-refractivity contribution < 1.29 is 22.1 Å². The van der Waals surface area contributed by atoms with E-state index in [1.807, 2.05) is 0 Å². The predicted octanol–water partition coefficient (Wildman–Crippen LogP) is 1.89. The molecule has 8 heteroatoms. The molecule has 17 heavy (non-hydrogen) atoms. The van der Waals surface area contributed by atoms with Gasteiger partial charge in [0.1, 0.15) is 0 Å². The molecule has 2 heterocycles. The third-order valence-corrected chi connectivity index (χ3v) is 2.66. The molecule has 1 fully saturated rings. The molecule has 1 aliphatic heterocycles. The molecule has 0 aromatic carbocycles. The normalized spacial score (nSPS) is 22.1. The second-order valence-corrected chi connectivity index (χ2v) is 3.92. The number of aromatic nitrogens is 2. The van der Waals surface area contributed by atoms with Gasteiger partial charge in [0.15, 0.2) is 5.82 Å². The van der Waals surface area contributed by atoms with Crippen LogP contribution >= 0.6 is 0 Å². The van der Waals surface area contributed by atoms with Crippen molar-refractivity contribution in [3.63, 3.8) is 0 Å². The summed E-state index contributed by atoms with van der Waals surface area (Å²) in [5.41, 5.74) is 0. The van der Waals surface area contributed by atoms with Gasteiger partial charge in [-0.15, -0.1) is 0 Å². The molecule has 0 aliphatic carbocycles. The van der Waals surface area contributed by atoms with E-state index >= 15 is 0 Å². The van der Waals surface area contributed by atoms with Gasteiger partial charge in [-0.1, -0.05) is 5.16 Å². The van der Waals surface area contributed by atoms with Crippen LogP contribution in [0.3, 0.4) is 0 Å². The zero-order valence-electron chi connectivity index (χ0n) is 8.80. The molecule has 0 amide bonds. The number of nitrogens with zero attached hydrogens (tertiary/aromatic N) is 2. The van der Waals surface area contributed by atoms with Gasteiger partial charge in [-0.3, -0.25) is 0 Å². The minimum atomic E-state index is -4.38. The maximum Gasteiger partial charge on any atom is 0.383 e. The zero-order chi connectivity index (χ0) is 12.5. The van der Waals surface area contributed by atoms with Crippen molar-refractivity contribution in [1.82, 2.24) is 15.5 Å². The number of piperidine rings is 1. The van der Waals surface area contributed by atoms with Crippen LogP contribution in [-0.4, -0.2) is 29.7 Å². The number of hydrogen-bond donors (Lipinski definition) is 1. The summed E-state index contributed by atoms with van der Waals surface area (Å²) in [6.45, 7) is 1.38. The standard InChI is InChI=1S/C9H11F4N3O/c10-7(11)9(12,13)8-15-6(16-17-8)5-2-1-3-14-4-5/h5,7,14H,1-4H2. The molecule has 1 aromatic rings. The van der Waals surface area contributed by atoms with E-state index in [0.29, 0.717) is 6.54 Å². The second kappa shape index (κ2) is 4.59. The highest BCUT2D eigenvalue weighted by Gasteiger charge is 2.48. The molecule has 0 radical (unpaired) electrons. The number of halogens is 4.